The molecule has 0 unspecified atom stereocenters. The lowest BCUT2D eigenvalue weighted by atomic mass is 10.0. The van der Waals surface area contributed by atoms with Crippen molar-refractivity contribution in [1.82, 2.24) is 40.5 Å². The van der Waals surface area contributed by atoms with Crippen LogP contribution in [0.4, 0.5) is 0 Å². The van der Waals surface area contributed by atoms with Crippen LogP contribution in [0.25, 0.3) is 0 Å². The number of H-pyrrole nitrogens is 1. The number of nitrogens with one attached hydrogen (secondary N) is 3. The Hall–Kier alpha value is -4.06. The molecule has 0 bridgehead atoms. The van der Waals surface area contributed by atoms with E-state index in [1.807, 2.05) is 51.1 Å². The second-order valence-corrected chi connectivity index (χ2v) is 11.0. The van der Waals surface area contributed by atoms with Gasteiger partial charge in [0.1, 0.15) is 17.7 Å². The van der Waals surface area contributed by atoms with Crippen LogP contribution in [-0.2, 0) is 40.3 Å². The predicted molar refractivity (Wildman–Crippen MR) is 150 cm³/mol. The van der Waals surface area contributed by atoms with E-state index in [1.165, 1.54) is 0 Å². The third kappa shape index (κ3) is 6.64. The van der Waals surface area contributed by atoms with E-state index in [9.17, 15) is 14.4 Å². The molecule has 0 spiro atoms. The van der Waals surface area contributed by atoms with Crippen LogP contribution in [0.3, 0.4) is 0 Å². The summed E-state index contributed by atoms with van der Waals surface area (Å²) >= 11 is 0. The molecule has 218 valence electrons. The van der Waals surface area contributed by atoms with Gasteiger partial charge in [0.2, 0.25) is 11.8 Å². The molecule has 12 heteroatoms. The summed E-state index contributed by atoms with van der Waals surface area (Å²) in [5.74, 6) is 0.467. The number of rotatable bonds is 4. The van der Waals surface area contributed by atoms with E-state index >= 15 is 0 Å². The Labute approximate surface area is 239 Å². The van der Waals surface area contributed by atoms with Crippen LogP contribution in [0.5, 0.6) is 0 Å². The molecule has 2 aliphatic heterocycles. The summed E-state index contributed by atoms with van der Waals surface area (Å²) in [6, 6.07) is 8.41. The van der Waals surface area contributed by atoms with Gasteiger partial charge in [-0.1, -0.05) is 44.2 Å². The monoisotopic (exact) mass is 562 g/mol. The topological polar surface area (TPSA) is 147 Å². The molecule has 4 heterocycles. The zero-order valence-corrected chi connectivity index (χ0v) is 23.9. The Balaban J connectivity index is 1.44. The van der Waals surface area contributed by atoms with Crippen molar-refractivity contribution < 1.29 is 19.1 Å². The number of aryl methyl sites for hydroxylation is 1. The number of aromatic nitrogens is 5. The van der Waals surface area contributed by atoms with E-state index in [2.05, 4.69) is 30.9 Å². The first-order valence-electron chi connectivity index (χ1n) is 14.3. The number of carbonyl (C=O) groups is 3. The van der Waals surface area contributed by atoms with Crippen molar-refractivity contribution in [3.8, 4) is 0 Å². The lowest BCUT2D eigenvalue weighted by Crippen LogP contribution is -2.50. The maximum absolute atomic E-state index is 13.7. The molecule has 0 fully saturated rings. The molecule has 2 aromatic heterocycles. The molecule has 3 aromatic rings. The van der Waals surface area contributed by atoms with Gasteiger partial charge < -0.3 is 20.3 Å². The SMILES string of the molecule is Cc1nc2n(n1)CCN(C(=O)c1n[nH]c3c1COCC3)CCCC(=O)N[C@@H](Cc1ccccc1)C(=O)N[C@@H]2C(C)C. The Morgan fingerprint density at radius 3 is 2.68 bits per heavy atom. The number of hydrogen-bond acceptors (Lipinski definition) is 7. The summed E-state index contributed by atoms with van der Waals surface area (Å²) in [5.41, 5.74) is 3.02. The number of hydrogen-bond donors (Lipinski definition) is 3. The normalized spacial score (nSPS) is 20.5. The fourth-order valence-electron chi connectivity index (χ4n) is 5.37. The molecular weight excluding hydrogens is 524 g/mol. The van der Waals surface area contributed by atoms with Crippen LogP contribution < -0.4 is 10.6 Å². The Kier molecular flexibility index (Phi) is 8.77. The van der Waals surface area contributed by atoms with Crippen LogP contribution in [0, 0.1) is 12.8 Å². The van der Waals surface area contributed by atoms with E-state index in [0.29, 0.717) is 69.5 Å². The molecule has 0 saturated heterocycles. The van der Waals surface area contributed by atoms with Crippen molar-refractivity contribution in [3.05, 3.63) is 64.5 Å². The summed E-state index contributed by atoms with van der Waals surface area (Å²) in [7, 11) is 0. The highest BCUT2D eigenvalue weighted by molar-refractivity contribution is 5.94. The molecular formula is C29H38N8O4. The molecule has 1 aromatic carbocycles. The Bertz CT molecular complexity index is 1380. The predicted octanol–water partition coefficient (Wildman–Crippen LogP) is 1.86. The van der Waals surface area contributed by atoms with Gasteiger partial charge in [-0.05, 0) is 24.8 Å². The van der Waals surface area contributed by atoms with Crippen LogP contribution in [0.15, 0.2) is 30.3 Å². The highest BCUT2D eigenvalue weighted by Crippen LogP contribution is 2.23. The second kappa shape index (κ2) is 12.6. The quantitative estimate of drug-likeness (QED) is 0.440. The maximum atomic E-state index is 13.7. The minimum absolute atomic E-state index is 0.00408. The van der Waals surface area contributed by atoms with Gasteiger partial charge in [-0.2, -0.15) is 10.2 Å². The number of fused-ring (bicyclic) bond motifs is 2. The van der Waals surface area contributed by atoms with Gasteiger partial charge in [-0.3, -0.25) is 19.5 Å². The zero-order chi connectivity index (χ0) is 28.9. The molecule has 2 aliphatic rings. The van der Waals surface area contributed by atoms with E-state index in [1.54, 1.807) is 9.58 Å². The number of nitrogens with zero attached hydrogens (tertiary/aromatic N) is 5. The van der Waals surface area contributed by atoms with E-state index < -0.39 is 12.1 Å². The summed E-state index contributed by atoms with van der Waals surface area (Å²) in [6.45, 7) is 7.82. The van der Waals surface area contributed by atoms with Gasteiger partial charge in [0, 0.05) is 43.6 Å². The Morgan fingerprint density at radius 1 is 1.10 bits per heavy atom. The molecule has 2 atom stereocenters. The smallest absolute Gasteiger partial charge is 0.274 e. The van der Waals surface area contributed by atoms with Crippen molar-refractivity contribution in [2.75, 3.05) is 19.7 Å². The average molecular weight is 563 g/mol. The molecule has 0 radical (unpaired) electrons. The number of carbonyl (C=O) groups excluding carboxylic acids is 3. The lowest BCUT2D eigenvalue weighted by molar-refractivity contribution is -0.129. The summed E-state index contributed by atoms with van der Waals surface area (Å²) < 4.78 is 7.37. The Morgan fingerprint density at radius 2 is 1.90 bits per heavy atom. The minimum atomic E-state index is -0.764. The molecule has 41 heavy (non-hydrogen) atoms. The summed E-state index contributed by atoms with van der Waals surface area (Å²) in [4.78, 5) is 46.8. The zero-order valence-electron chi connectivity index (χ0n) is 23.9. The number of ether oxygens (including phenoxy) is 1. The summed E-state index contributed by atoms with van der Waals surface area (Å²) in [6.07, 6.45) is 1.64. The molecule has 3 N–H and O–H groups in total. The van der Waals surface area contributed by atoms with Gasteiger partial charge >= 0.3 is 0 Å². The van der Waals surface area contributed by atoms with Crippen molar-refractivity contribution in [2.45, 2.75) is 71.7 Å². The molecule has 5 rings (SSSR count). The first-order valence-corrected chi connectivity index (χ1v) is 14.3. The van der Waals surface area contributed by atoms with E-state index in [4.69, 9.17) is 4.74 Å². The number of aromatic amines is 1. The van der Waals surface area contributed by atoms with Crippen molar-refractivity contribution in [1.29, 1.82) is 0 Å². The molecule has 0 saturated carbocycles. The molecule has 0 aliphatic carbocycles. The van der Waals surface area contributed by atoms with Gasteiger partial charge in [0.15, 0.2) is 5.69 Å². The second-order valence-electron chi connectivity index (χ2n) is 11.0. The third-order valence-corrected chi connectivity index (χ3v) is 7.58. The van der Waals surface area contributed by atoms with Crippen LogP contribution in [0.2, 0.25) is 0 Å². The van der Waals surface area contributed by atoms with Crippen molar-refractivity contribution in [2.24, 2.45) is 5.92 Å². The standard InChI is InChI=1S/C29H38N8O4/c1-18(2)25-27-30-19(3)35-37(27)14-13-36(29(40)26-21-17-41-15-11-22(21)33-34-26)12-7-10-24(38)31-23(28(39)32-25)16-20-8-5-4-6-9-20/h4-6,8-9,18,23,25H,7,10-17H2,1-3H3,(H,31,38)(H,32,39)(H,33,34)/t23-,25+/m0/s1. The molecule has 3 amide bonds. The van der Waals surface area contributed by atoms with Crippen LogP contribution in [-0.4, -0.2) is 73.3 Å². The number of benzene rings is 1. The van der Waals surface area contributed by atoms with Gasteiger partial charge in [0.25, 0.3) is 5.91 Å². The highest BCUT2D eigenvalue weighted by atomic mass is 16.5. The molecule has 12 nitrogen and oxygen atoms in total. The van der Waals surface area contributed by atoms with Gasteiger partial charge in [0.05, 0.1) is 25.8 Å². The van der Waals surface area contributed by atoms with E-state index in [0.717, 1.165) is 16.8 Å². The van der Waals surface area contributed by atoms with Crippen molar-refractivity contribution >= 4 is 17.7 Å². The van der Waals surface area contributed by atoms with Crippen LogP contribution in [0.1, 0.15) is 71.7 Å². The fraction of sp³-hybridized carbons (Fsp3) is 0.517. The minimum Gasteiger partial charge on any atom is -0.376 e. The van der Waals surface area contributed by atoms with Gasteiger partial charge in [-0.15, -0.1) is 0 Å². The first kappa shape index (κ1) is 28.5. The van der Waals surface area contributed by atoms with Gasteiger partial charge in [-0.25, -0.2) is 9.67 Å². The van der Waals surface area contributed by atoms with Crippen LogP contribution >= 0.6 is 0 Å². The van der Waals surface area contributed by atoms with Crippen molar-refractivity contribution in [3.63, 3.8) is 0 Å². The van der Waals surface area contributed by atoms with E-state index in [-0.39, 0.29) is 30.1 Å². The first-order chi connectivity index (χ1) is 19.8. The number of amides is 3. The maximum Gasteiger partial charge on any atom is 0.274 e. The lowest BCUT2D eigenvalue weighted by Gasteiger charge is -2.28. The fourth-order valence-corrected chi connectivity index (χ4v) is 5.37. The largest absolute Gasteiger partial charge is 0.376 e. The average Bonchev–Trinajstić information content (AvgIpc) is 3.55. The summed E-state index contributed by atoms with van der Waals surface area (Å²) in [5, 5.41) is 18.0. The highest BCUT2D eigenvalue weighted by Gasteiger charge is 2.31. The third-order valence-electron chi connectivity index (χ3n) is 7.58.